The predicted molar refractivity (Wildman–Crippen MR) is 84.0 cm³/mol. The fourth-order valence-corrected chi connectivity index (χ4v) is 3.29. The van der Waals surface area contributed by atoms with E-state index >= 15 is 0 Å². The monoisotopic (exact) mass is 304 g/mol. The summed E-state index contributed by atoms with van der Waals surface area (Å²) in [5, 5.41) is 21.4. The summed E-state index contributed by atoms with van der Waals surface area (Å²) in [7, 11) is 0. The van der Waals surface area contributed by atoms with Crippen molar-refractivity contribution in [1.82, 2.24) is 10.2 Å². The van der Waals surface area contributed by atoms with Crippen molar-refractivity contribution >= 4 is 28.2 Å². The minimum absolute atomic E-state index is 0.581. The van der Waals surface area contributed by atoms with Crippen molar-refractivity contribution in [1.29, 1.82) is 5.26 Å². The molecule has 0 saturated carbocycles. The molecule has 1 heterocycles. The lowest BCUT2D eigenvalue weighted by Crippen LogP contribution is -2.07. The molecule has 1 aromatic heterocycles. The maximum Gasteiger partial charge on any atom is 0.206 e. The van der Waals surface area contributed by atoms with Crippen LogP contribution in [0.1, 0.15) is 25.0 Å². The van der Waals surface area contributed by atoms with Crippen molar-refractivity contribution in [3.05, 3.63) is 35.4 Å². The van der Waals surface area contributed by atoms with Crippen molar-refractivity contribution in [2.75, 3.05) is 11.9 Å². The van der Waals surface area contributed by atoms with Crippen LogP contribution in [0.4, 0.5) is 5.13 Å². The van der Waals surface area contributed by atoms with Crippen molar-refractivity contribution < 1.29 is 0 Å². The molecule has 0 bridgehead atoms. The van der Waals surface area contributed by atoms with E-state index in [0.717, 1.165) is 32.9 Å². The molecule has 0 spiro atoms. The fourth-order valence-electron chi connectivity index (χ4n) is 1.53. The average molecular weight is 304 g/mol. The Kier molecular flexibility index (Phi) is 5.39. The van der Waals surface area contributed by atoms with Gasteiger partial charge in [-0.3, -0.25) is 0 Å². The molecule has 1 N–H and O–H groups in total. The highest BCUT2D eigenvalue weighted by Gasteiger charge is 2.07. The molecule has 4 nitrogen and oxygen atoms in total. The third-order valence-corrected chi connectivity index (χ3v) is 4.62. The minimum Gasteiger partial charge on any atom is -0.360 e. The van der Waals surface area contributed by atoms with Crippen LogP contribution in [0.3, 0.4) is 0 Å². The van der Waals surface area contributed by atoms with Crippen LogP contribution in [0, 0.1) is 17.2 Å². The lowest BCUT2D eigenvalue weighted by atomic mass is 10.1. The molecule has 1 aromatic carbocycles. The highest BCUT2D eigenvalue weighted by atomic mass is 32.2. The molecular weight excluding hydrogens is 288 g/mol. The Labute approximate surface area is 127 Å². The van der Waals surface area contributed by atoms with Crippen molar-refractivity contribution in [2.24, 2.45) is 5.92 Å². The first kappa shape index (κ1) is 14.8. The maximum absolute atomic E-state index is 9.05. The van der Waals surface area contributed by atoms with Gasteiger partial charge in [0.05, 0.1) is 11.6 Å². The van der Waals surface area contributed by atoms with Gasteiger partial charge in [-0.15, -0.1) is 10.2 Å². The molecule has 2 aromatic rings. The van der Waals surface area contributed by atoms with Crippen LogP contribution in [0.25, 0.3) is 0 Å². The molecule has 0 radical (unpaired) electrons. The molecule has 0 aliphatic rings. The van der Waals surface area contributed by atoms with Gasteiger partial charge in [-0.1, -0.05) is 55.1 Å². The first-order valence-electron chi connectivity index (χ1n) is 6.37. The van der Waals surface area contributed by atoms with Gasteiger partial charge >= 0.3 is 0 Å². The van der Waals surface area contributed by atoms with E-state index in [1.54, 1.807) is 23.1 Å². The molecule has 0 unspecified atom stereocenters. The molecule has 20 heavy (non-hydrogen) atoms. The van der Waals surface area contributed by atoms with Crippen LogP contribution >= 0.6 is 23.1 Å². The second kappa shape index (κ2) is 7.27. The second-order valence-corrected chi connectivity index (χ2v) is 6.91. The van der Waals surface area contributed by atoms with Crippen LogP contribution in [0.2, 0.25) is 0 Å². The van der Waals surface area contributed by atoms with E-state index in [-0.39, 0.29) is 0 Å². The summed E-state index contributed by atoms with van der Waals surface area (Å²) in [4.78, 5) is 0. The van der Waals surface area contributed by atoms with Gasteiger partial charge in [0.25, 0.3) is 0 Å². The number of benzene rings is 1. The Balaban J connectivity index is 1.93. The van der Waals surface area contributed by atoms with Crippen molar-refractivity contribution in [3.8, 4) is 6.07 Å². The minimum atomic E-state index is 0.581. The van der Waals surface area contributed by atoms with Crippen molar-refractivity contribution in [2.45, 2.75) is 23.9 Å². The van der Waals surface area contributed by atoms with Gasteiger partial charge in [0.1, 0.15) is 0 Å². The number of hydrogen-bond acceptors (Lipinski definition) is 6. The zero-order valence-corrected chi connectivity index (χ0v) is 13.1. The summed E-state index contributed by atoms with van der Waals surface area (Å²) in [6.07, 6.45) is 0. The Hall–Kier alpha value is -1.58. The van der Waals surface area contributed by atoms with E-state index in [1.165, 1.54) is 0 Å². The van der Waals surface area contributed by atoms with Gasteiger partial charge in [-0.25, -0.2) is 0 Å². The van der Waals surface area contributed by atoms with Gasteiger partial charge in [-0.05, 0) is 17.5 Å². The van der Waals surface area contributed by atoms with E-state index in [0.29, 0.717) is 5.92 Å². The smallest absolute Gasteiger partial charge is 0.206 e. The topological polar surface area (TPSA) is 61.6 Å². The van der Waals surface area contributed by atoms with E-state index in [2.05, 4.69) is 35.4 Å². The zero-order valence-electron chi connectivity index (χ0n) is 11.5. The first-order chi connectivity index (χ1) is 9.69. The fraction of sp³-hybridized carbons (Fsp3) is 0.357. The molecular formula is C14H16N4S2. The Morgan fingerprint density at radius 3 is 2.90 bits per heavy atom. The van der Waals surface area contributed by atoms with Gasteiger partial charge in [0.2, 0.25) is 5.13 Å². The van der Waals surface area contributed by atoms with E-state index < -0.39 is 0 Å². The van der Waals surface area contributed by atoms with Crippen LogP contribution in [-0.2, 0) is 5.75 Å². The molecule has 0 fully saturated rings. The zero-order chi connectivity index (χ0) is 14.4. The van der Waals surface area contributed by atoms with Gasteiger partial charge < -0.3 is 5.32 Å². The van der Waals surface area contributed by atoms with Crippen LogP contribution in [0.15, 0.2) is 28.6 Å². The predicted octanol–water partition coefficient (Wildman–Crippen LogP) is 3.77. The number of nitriles is 1. The summed E-state index contributed by atoms with van der Waals surface area (Å²) < 4.78 is 0.920. The standard InChI is InChI=1S/C14H16N4S2/c1-10(2)8-16-13-17-18-14(20-13)19-9-12-6-4-3-5-11(12)7-15/h3-6,10H,8-9H2,1-2H3,(H,16,17). The third-order valence-electron chi connectivity index (χ3n) is 2.56. The summed E-state index contributed by atoms with van der Waals surface area (Å²) >= 11 is 3.17. The summed E-state index contributed by atoms with van der Waals surface area (Å²) in [5.41, 5.74) is 1.76. The van der Waals surface area contributed by atoms with E-state index in [1.807, 2.05) is 24.3 Å². The van der Waals surface area contributed by atoms with Crippen molar-refractivity contribution in [3.63, 3.8) is 0 Å². The molecule has 104 valence electrons. The molecule has 0 saturated heterocycles. The lowest BCUT2D eigenvalue weighted by molar-refractivity contribution is 0.687. The number of anilines is 1. The Bertz CT molecular complexity index is 601. The second-order valence-electron chi connectivity index (χ2n) is 4.71. The number of thioether (sulfide) groups is 1. The first-order valence-corrected chi connectivity index (χ1v) is 8.17. The third kappa shape index (κ3) is 4.22. The number of nitrogens with zero attached hydrogens (tertiary/aromatic N) is 3. The highest BCUT2D eigenvalue weighted by molar-refractivity contribution is 8.00. The summed E-state index contributed by atoms with van der Waals surface area (Å²) in [6, 6.07) is 9.86. The van der Waals surface area contributed by atoms with Crippen LogP contribution in [-0.4, -0.2) is 16.7 Å². The SMILES string of the molecule is CC(C)CNc1nnc(SCc2ccccc2C#N)s1. The number of hydrogen-bond donors (Lipinski definition) is 1. The molecule has 0 amide bonds. The van der Waals surface area contributed by atoms with E-state index in [4.69, 9.17) is 5.26 Å². The Morgan fingerprint density at radius 1 is 1.35 bits per heavy atom. The molecule has 2 rings (SSSR count). The molecule has 0 aliphatic carbocycles. The van der Waals surface area contributed by atoms with Gasteiger partial charge in [0, 0.05) is 12.3 Å². The Morgan fingerprint density at radius 2 is 2.15 bits per heavy atom. The lowest BCUT2D eigenvalue weighted by Gasteiger charge is -2.03. The van der Waals surface area contributed by atoms with Crippen LogP contribution in [0.5, 0.6) is 0 Å². The average Bonchev–Trinajstić information content (AvgIpc) is 2.91. The largest absolute Gasteiger partial charge is 0.360 e. The number of aromatic nitrogens is 2. The molecule has 6 heteroatoms. The maximum atomic E-state index is 9.05. The summed E-state index contributed by atoms with van der Waals surface area (Å²) in [6.45, 7) is 5.21. The number of nitrogens with one attached hydrogen (secondary N) is 1. The van der Waals surface area contributed by atoms with E-state index in [9.17, 15) is 0 Å². The highest BCUT2D eigenvalue weighted by Crippen LogP contribution is 2.29. The van der Waals surface area contributed by atoms with Crippen LogP contribution < -0.4 is 5.32 Å². The normalized spacial score (nSPS) is 10.5. The van der Waals surface area contributed by atoms with Gasteiger partial charge in [0.15, 0.2) is 4.34 Å². The molecule has 0 atom stereocenters. The quantitative estimate of drug-likeness (QED) is 0.823. The van der Waals surface area contributed by atoms with Gasteiger partial charge in [-0.2, -0.15) is 5.26 Å². The molecule has 0 aliphatic heterocycles. The number of rotatable bonds is 6. The summed E-state index contributed by atoms with van der Waals surface area (Å²) in [5.74, 6) is 1.32.